The molecule has 1 saturated heterocycles. The van der Waals surface area contributed by atoms with E-state index < -0.39 is 11.9 Å². The van der Waals surface area contributed by atoms with E-state index in [1.165, 1.54) is 0 Å². The summed E-state index contributed by atoms with van der Waals surface area (Å²) < 4.78 is 14.4. The summed E-state index contributed by atoms with van der Waals surface area (Å²) in [4.78, 5) is 58.3. The first-order valence-electron chi connectivity index (χ1n) is 16.6. The minimum atomic E-state index is -0.520. The predicted octanol–water partition coefficient (Wildman–Crippen LogP) is 1.85. The van der Waals surface area contributed by atoms with Crippen LogP contribution < -0.4 is 11.1 Å². The van der Waals surface area contributed by atoms with E-state index >= 15 is 0 Å². The van der Waals surface area contributed by atoms with Gasteiger partial charge in [-0.05, 0) is 51.0 Å². The second-order valence-electron chi connectivity index (χ2n) is 12.6. The van der Waals surface area contributed by atoms with E-state index in [4.69, 9.17) is 25.2 Å². The number of hydrogen-bond donors (Lipinski definition) is 2. The van der Waals surface area contributed by atoms with Crippen LogP contribution in [0.15, 0.2) is 6.20 Å². The molecule has 4 aromatic heterocycles. The van der Waals surface area contributed by atoms with E-state index in [0.717, 1.165) is 52.2 Å². The first-order valence-corrected chi connectivity index (χ1v) is 16.6. The molecular weight excluding hydrogens is 630 g/mol. The van der Waals surface area contributed by atoms with Gasteiger partial charge in [-0.2, -0.15) is 10.2 Å². The van der Waals surface area contributed by atoms with Crippen molar-refractivity contribution >= 4 is 29.7 Å². The first-order chi connectivity index (χ1) is 23.6. The van der Waals surface area contributed by atoms with Crippen molar-refractivity contribution in [2.45, 2.75) is 64.8 Å². The third-order valence-electron chi connectivity index (χ3n) is 9.49. The summed E-state index contributed by atoms with van der Waals surface area (Å²) in [6.45, 7) is 4.97. The van der Waals surface area contributed by atoms with Gasteiger partial charge in [0.1, 0.15) is 0 Å². The lowest BCUT2D eigenvalue weighted by atomic mass is 9.90. The maximum atomic E-state index is 13.4. The van der Waals surface area contributed by atoms with Crippen molar-refractivity contribution in [2.75, 3.05) is 37.4 Å². The van der Waals surface area contributed by atoms with Crippen molar-refractivity contribution in [1.82, 2.24) is 44.4 Å². The lowest BCUT2D eigenvalue weighted by Gasteiger charge is -2.32. The molecule has 7 rings (SSSR count). The molecule has 1 amide bonds. The van der Waals surface area contributed by atoms with Gasteiger partial charge in [-0.1, -0.05) is 0 Å². The fourth-order valence-corrected chi connectivity index (χ4v) is 7.14. The number of nitrogens with two attached hydrogens (primary N) is 1. The van der Waals surface area contributed by atoms with E-state index in [1.807, 2.05) is 4.90 Å². The number of fused-ring (bicyclic) bond motifs is 6. The highest BCUT2D eigenvalue weighted by Gasteiger charge is 2.33. The van der Waals surface area contributed by atoms with Crippen LogP contribution in [0.1, 0.15) is 75.6 Å². The molecule has 2 aliphatic carbocycles. The highest BCUT2D eigenvalue weighted by molar-refractivity contribution is 5.92. The average molecular weight is 670 g/mol. The zero-order valence-corrected chi connectivity index (χ0v) is 28.1. The Balaban J connectivity index is 1.15. The molecule has 4 aromatic rings. The highest BCUT2D eigenvalue weighted by Crippen LogP contribution is 2.37. The zero-order valence-electron chi connectivity index (χ0n) is 28.1. The van der Waals surface area contributed by atoms with Gasteiger partial charge in [-0.25, -0.2) is 29.5 Å². The van der Waals surface area contributed by atoms with Crippen LogP contribution in [0, 0.1) is 0 Å². The Hall–Kier alpha value is -5.41. The number of rotatable bonds is 8. The van der Waals surface area contributed by atoms with E-state index in [2.05, 4.69) is 25.5 Å². The molecule has 256 valence electrons. The van der Waals surface area contributed by atoms with Gasteiger partial charge in [0.15, 0.2) is 11.4 Å². The number of carbonyl (C=O) groups excluding carboxylic acids is 3. The van der Waals surface area contributed by atoms with Crippen molar-refractivity contribution in [2.24, 2.45) is 14.1 Å². The van der Waals surface area contributed by atoms with Crippen LogP contribution in [0.3, 0.4) is 0 Å². The molecule has 0 radical (unpaired) electrons. The number of hydrogen-bond acceptors (Lipinski definition) is 13. The maximum absolute atomic E-state index is 13.4. The van der Waals surface area contributed by atoms with Gasteiger partial charge in [-0.3, -0.25) is 14.2 Å². The number of carbonyl (C=O) groups is 3. The van der Waals surface area contributed by atoms with E-state index in [9.17, 15) is 14.4 Å². The number of nitrogens with one attached hydrogen (secondary N) is 1. The monoisotopic (exact) mass is 669 g/mol. The van der Waals surface area contributed by atoms with Crippen LogP contribution >= 0.6 is 0 Å². The number of anilines is 2. The number of nitrogen functional groups attached to an aromatic ring is 1. The molecule has 0 aromatic carbocycles. The molecule has 0 bridgehead atoms. The number of piperidine rings is 1. The summed E-state index contributed by atoms with van der Waals surface area (Å²) in [5.41, 5.74) is 13.5. The van der Waals surface area contributed by atoms with Gasteiger partial charge >= 0.3 is 11.9 Å². The molecule has 5 heterocycles. The number of amides is 1. The standard InChI is InChI=1S/C33H39N11O5/c1-5-48-30(46)26-22-9-8-20-23(37-33(39-25(20)29(22)43(4)40-26)36-19-10-13-44(14-11-19)17(2)45)12-15-49-31(47)27-21-7-6-18-16-35-32(34)38-24(18)28(21)42(3)41-27/h16,19H,5-15H2,1-4H3,(H2,34,35,38)(H,36,37,39). The van der Waals surface area contributed by atoms with Crippen LogP contribution in [0.2, 0.25) is 0 Å². The van der Waals surface area contributed by atoms with Gasteiger partial charge < -0.3 is 25.4 Å². The molecule has 1 aliphatic heterocycles. The predicted molar refractivity (Wildman–Crippen MR) is 177 cm³/mol. The third-order valence-corrected chi connectivity index (χ3v) is 9.49. The molecule has 0 saturated carbocycles. The summed E-state index contributed by atoms with van der Waals surface area (Å²) in [6, 6.07) is 0.0742. The molecule has 0 unspecified atom stereocenters. The lowest BCUT2D eigenvalue weighted by molar-refractivity contribution is -0.129. The smallest absolute Gasteiger partial charge is 0.359 e. The van der Waals surface area contributed by atoms with Crippen molar-refractivity contribution in [3.05, 3.63) is 45.5 Å². The van der Waals surface area contributed by atoms with Gasteiger partial charge in [0.2, 0.25) is 17.8 Å². The largest absolute Gasteiger partial charge is 0.461 e. The summed E-state index contributed by atoms with van der Waals surface area (Å²) >= 11 is 0. The molecule has 49 heavy (non-hydrogen) atoms. The number of ether oxygens (including phenoxy) is 2. The van der Waals surface area contributed by atoms with Crippen molar-refractivity contribution < 1.29 is 23.9 Å². The van der Waals surface area contributed by atoms with Gasteiger partial charge in [-0.15, -0.1) is 0 Å². The van der Waals surface area contributed by atoms with E-state index in [-0.39, 0.29) is 36.8 Å². The number of aromatic nitrogens is 8. The minimum absolute atomic E-state index is 0.0659. The van der Waals surface area contributed by atoms with Crippen LogP contribution in [-0.4, -0.2) is 94.6 Å². The second-order valence-corrected chi connectivity index (χ2v) is 12.6. The fourth-order valence-electron chi connectivity index (χ4n) is 7.14. The molecule has 1 fully saturated rings. The van der Waals surface area contributed by atoms with E-state index in [1.54, 1.807) is 43.5 Å². The van der Waals surface area contributed by atoms with Crippen LogP contribution in [0.4, 0.5) is 11.9 Å². The van der Waals surface area contributed by atoms with Gasteiger partial charge in [0.25, 0.3) is 0 Å². The van der Waals surface area contributed by atoms with E-state index in [0.29, 0.717) is 68.2 Å². The van der Waals surface area contributed by atoms with Crippen molar-refractivity contribution in [3.8, 4) is 22.8 Å². The molecule has 16 nitrogen and oxygen atoms in total. The van der Waals surface area contributed by atoms with Crippen LogP contribution in [0.25, 0.3) is 22.8 Å². The van der Waals surface area contributed by atoms with Gasteiger partial charge in [0, 0.05) is 69.5 Å². The van der Waals surface area contributed by atoms with Crippen LogP contribution in [0.5, 0.6) is 0 Å². The van der Waals surface area contributed by atoms with Crippen molar-refractivity contribution in [1.29, 1.82) is 0 Å². The van der Waals surface area contributed by atoms with Crippen LogP contribution in [-0.2, 0) is 60.5 Å². The molecule has 0 atom stereocenters. The maximum Gasteiger partial charge on any atom is 0.359 e. The number of nitrogens with zero attached hydrogens (tertiary/aromatic N) is 9. The average Bonchev–Trinajstić information content (AvgIpc) is 3.61. The Labute approximate surface area is 282 Å². The summed E-state index contributed by atoms with van der Waals surface area (Å²) in [7, 11) is 3.56. The molecule has 16 heteroatoms. The molecular formula is C33H39N11O5. The first kappa shape index (κ1) is 32.2. The quantitative estimate of drug-likeness (QED) is 0.258. The second kappa shape index (κ2) is 12.9. The third kappa shape index (κ3) is 5.95. The summed E-state index contributed by atoms with van der Waals surface area (Å²) in [5, 5.41) is 12.5. The number of esters is 2. The fraction of sp³-hybridized carbons (Fsp3) is 0.485. The normalized spacial score (nSPS) is 15.1. The lowest BCUT2D eigenvalue weighted by Crippen LogP contribution is -2.41. The Morgan fingerprint density at radius 2 is 1.51 bits per heavy atom. The van der Waals surface area contributed by atoms with Gasteiger partial charge in [0.05, 0.1) is 41.7 Å². The number of aryl methyl sites for hydroxylation is 3. The van der Waals surface area contributed by atoms with Crippen molar-refractivity contribution in [3.63, 3.8) is 0 Å². The molecule has 0 spiro atoms. The molecule has 3 aliphatic rings. The Morgan fingerprint density at radius 3 is 2.18 bits per heavy atom. The Kier molecular flexibility index (Phi) is 8.46. The topological polar surface area (TPSA) is 198 Å². The summed E-state index contributed by atoms with van der Waals surface area (Å²) in [6.07, 6.45) is 5.99. The highest BCUT2D eigenvalue weighted by atomic mass is 16.5. The summed E-state index contributed by atoms with van der Waals surface area (Å²) in [5.74, 6) is -0.316. The zero-order chi connectivity index (χ0) is 34.4. The minimum Gasteiger partial charge on any atom is -0.461 e. The molecule has 3 N–H and O–H groups in total. The Bertz CT molecular complexity index is 1980. The Morgan fingerprint density at radius 1 is 0.878 bits per heavy atom. The SMILES string of the molecule is CCOC(=O)c1nn(C)c2c1CCc1c(CCOC(=O)c3nn(C)c4c3CCc3cnc(N)nc3-4)nc(NC3CCN(C(C)=O)CC3)nc1-2. The number of likely N-dealkylation sites (tertiary alicyclic amines) is 1.